The van der Waals surface area contributed by atoms with E-state index in [2.05, 4.69) is 10.3 Å². The first-order chi connectivity index (χ1) is 13.0. The van der Waals surface area contributed by atoms with E-state index in [1.165, 1.54) is 0 Å². The average Bonchev–Trinajstić information content (AvgIpc) is 2.54. The van der Waals surface area contributed by atoms with Crippen LogP contribution in [0, 0.1) is 5.41 Å². The van der Waals surface area contributed by atoms with E-state index in [-0.39, 0.29) is 19.5 Å². The van der Waals surface area contributed by atoms with Crippen molar-refractivity contribution in [2.24, 2.45) is 16.5 Å². The molecule has 1 rings (SSSR count). The molecule has 25 heavy (non-hydrogen) atoms. The Morgan fingerprint density at radius 3 is 2.60 bits per heavy atom. The number of guanidine groups is 2. The highest BCUT2D eigenvalue weighted by Crippen LogP contribution is 2.08. The first-order valence-corrected chi connectivity index (χ1v) is 7.55. The molecule has 0 saturated carbocycles. The van der Waals surface area contributed by atoms with E-state index < -0.39 is 36.9 Å². The molecule has 11 heteroatoms. The Morgan fingerprint density at radius 2 is 2.00 bits per heavy atom. The number of ether oxygens (including phenoxy) is 1. The van der Waals surface area contributed by atoms with Gasteiger partial charge >= 0.3 is 5.97 Å². The van der Waals surface area contributed by atoms with Gasteiger partial charge in [0, 0.05) is 17.5 Å². The lowest BCUT2D eigenvalue weighted by Gasteiger charge is -2.26. The maximum Gasteiger partial charge on any atom is 0.351 e. The van der Waals surface area contributed by atoms with Crippen LogP contribution in [0.1, 0.15) is 42.6 Å². The van der Waals surface area contributed by atoms with Crippen molar-refractivity contribution in [3.8, 4) is 0 Å². The molecule has 0 bridgehead atoms. The van der Waals surface area contributed by atoms with Gasteiger partial charge in [-0.15, -0.1) is 0 Å². The zero-order chi connectivity index (χ0) is 21.7. The van der Waals surface area contributed by atoms with E-state index in [0.29, 0.717) is 17.7 Å². The third kappa shape index (κ3) is 9.79. The number of hydrogen-bond acceptors (Lipinski definition) is 6. The Morgan fingerprint density at radius 1 is 1.40 bits per heavy atom. The number of likely N-dealkylation sites (N-methyl/N-ethyl adjacent to an activating group) is 1. The molecular formula is C14H26N6O5. The topological polar surface area (TPSA) is 184 Å². The second-order valence-corrected chi connectivity index (χ2v) is 4.99. The van der Waals surface area contributed by atoms with Crippen molar-refractivity contribution in [3.05, 3.63) is 0 Å². The molecule has 0 aliphatic carbocycles. The minimum absolute atomic E-state index is 0.0872. The van der Waals surface area contributed by atoms with E-state index in [4.69, 9.17) is 35.6 Å². The molecule has 7 N–H and O–H groups in total. The Hall–Kier alpha value is -2.85. The fraction of sp³-hybridized carbons (Fsp3) is 0.643. The highest BCUT2D eigenvalue weighted by atomic mass is 16.5. The number of aliphatic imine (C=N–C) groups is 1. The van der Waals surface area contributed by atoms with E-state index in [0.717, 1.165) is 19.3 Å². The lowest BCUT2D eigenvalue weighted by molar-refractivity contribution is -0.148. The van der Waals surface area contributed by atoms with Crippen LogP contribution in [0.25, 0.3) is 0 Å². The van der Waals surface area contributed by atoms with Gasteiger partial charge < -0.3 is 26.2 Å². The van der Waals surface area contributed by atoms with Crippen molar-refractivity contribution in [2.75, 3.05) is 13.6 Å². The number of nitrogens with zero attached hydrogens (tertiary/aromatic N) is 2. The second-order valence-electron chi connectivity index (χ2n) is 4.99. The quantitative estimate of drug-likeness (QED) is 0.173. The lowest BCUT2D eigenvalue weighted by atomic mass is 10.1. The Labute approximate surface area is 150 Å². The van der Waals surface area contributed by atoms with Gasteiger partial charge in [-0.05, 0) is 12.8 Å². The molecule has 1 heterocycles. The SMILES string of the molecule is O=CO.[2H]C([2H])([2H])N1C(=N)NC(=O)CCCCCCCOC(=O)C1N=C(N)N. The molecular weight excluding hydrogens is 332 g/mol. The minimum atomic E-state index is -2.95. The number of esters is 1. The number of hydrogen-bond donors (Lipinski definition) is 5. The number of nitrogens with one attached hydrogen (secondary N) is 2. The fourth-order valence-electron chi connectivity index (χ4n) is 1.90. The highest BCUT2D eigenvalue weighted by Gasteiger charge is 2.27. The first-order valence-electron chi connectivity index (χ1n) is 9.05. The average molecular weight is 361 g/mol. The van der Waals surface area contributed by atoms with Gasteiger partial charge in [0.1, 0.15) is 0 Å². The summed E-state index contributed by atoms with van der Waals surface area (Å²) in [5.74, 6) is -2.88. The standard InChI is InChI=1S/C13H24N6O3.CH2O2/c1-19-10(18-12(14)15)11(21)22-8-6-4-2-3-5-7-9(20)17-13(19)16;2-1-3/h10H,2-8H2,1H3,(H4,14,15,18)(H2,16,17,20);1H,(H,2,3)/i1D3;. The zero-order valence-corrected chi connectivity index (χ0v) is 13.7. The number of rotatable bonds is 1. The number of amides is 1. The van der Waals surface area contributed by atoms with E-state index in [1.807, 2.05) is 0 Å². The van der Waals surface area contributed by atoms with Gasteiger partial charge in [-0.25, -0.2) is 9.79 Å². The third-order valence-corrected chi connectivity index (χ3v) is 3.02. The molecule has 1 aliphatic heterocycles. The number of cyclic esters (lactones) is 1. The largest absolute Gasteiger partial charge is 0.483 e. The predicted octanol–water partition coefficient (Wildman–Crippen LogP) is -0.833. The molecule has 1 aliphatic rings. The van der Waals surface area contributed by atoms with Crippen LogP contribution >= 0.6 is 0 Å². The van der Waals surface area contributed by atoms with Crippen LogP contribution in [-0.2, 0) is 19.1 Å². The molecule has 0 aromatic carbocycles. The predicted molar refractivity (Wildman–Crippen MR) is 90.6 cm³/mol. The first kappa shape index (κ1) is 17.0. The summed E-state index contributed by atoms with van der Waals surface area (Å²) in [7, 11) is 0. The number of carboxylic acid groups (broad SMARTS) is 1. The van der Waals surface area contributed by atoms with Crippen LogP contribution < -0.4 is 16.8 Å². The molecule has 0 radical (unpaired) electrons. The molecule has 1 atom stereocenters. The summed E-state index contributed by atoms with van der Waals surface area (Å²) < 4.78 is 27.7. The Balaban J connectivity index is 0.00000227. The van der Waals surface area contributed by atoms with Crippen molar-refractivity contribution in [3.63, 3.8) is 0 Å². The molecule has 1 fully saturated rings. The zero-order valence-electron chi connectivity index (χ0n) is 16.7. The lowest BCUT2D eigenvalue weighted by Crippen LogP contribution is -2.50. The van der Waals surface area contributed by atoms with Crippen LogP contribution in [0.4, 0.5) is 0 Å². The van der Waals surface area contributed by atoms with Gasteiger partial charge in [-0.3, -0.25) is 20.3 Å². The second kappa shape index (κ2) is 12.6. The van der Waals surface area contributed by atoms with Crippen LogP contribution in [-0.4, -0.2) is 60.0 Å². The van der Waals surface area contributed by atoms with Gasteiger partial charge in [-0.1, -0.05) is 19.3 Å². The normalized spacial score (nSPS) is 22.4. The van der Waals surface area contributed by atoms with Gasteiger partial charge in [0.15, 0.2) is 11.9 Å². The summed E-state index contributed by atoms with van der Waals surface area (Å²) in [6.45, 7) is -3.12. The van der Waals surface area contributed by atoms with Gasteiger partial charge in [0.25, 0.3) is 6.47 Å². The molecule has 1 amide bonds. The third-order valence-electron chi connectivity index (χ3n) is 3.02. The molecule has 0 aromatic rings. The van der Waals surface area contributed by atoms with E-state index >= 15 is 0 Å². The van der Waals surface area contributed by atoms with Crippen LogP contribution in [0.3, 0.4) is 0 Å². The monoisotopic (exact) mass is 361 g/mol. The van der Waals surface area contributed by atoms with Crippen LogP contribution in [0.5, 0.6) is 0 Å². The summed E-state index contributed by atoms with van der Waals surface area (Å²) in [4.78, 5) is 36.4. The van der Waals surface area contributed by atoms with Crippen molar-refractivity contribution >= 4 is 30.3 Å². The van der Waals surface area contributed by atoms with E-state index in [1.54, 1.807) is 0 Å². The smallest absolute Gasteiger partial charge is 0.351 e. The molecule has 0 spiro atoms. The molecule has 1 unspecified atom stereocenters. The van der Waals surface area contributed by atoms with Gasteiger partial charge in [-0.2, -0.15) is 0 Å². The summed E-state index contributed by atoms with van der Waals surface area (Å²) >= 11 is 0. The summed E-state index contributed by atoms with van der Waals surface area (Å²) in [5.41, 5.74) is 10.6. The Bertz CT molecular complexity index is 580. The minimum Gasteiger partial charge on any atom is -0.483 e. The molecule has 1 saturated heterocycles. The fourth-order valence-corrected chi connectivity index (χ4v) is 1.90. The van der Waals surface area contributed by atoms with Gasteiger partial charge in [0.2, 0.25) is 12.1 Å². The van der Waals surface area contributed by atoms with Crippen LogP contribution in [0.15, 0.2) is 4.99 Å². The molecule has 0 aromatic heterocycles. The number of carbonyl (C=O) groups excluding carboxylic acids is 2. The van der Waals surface area contributed by atoms with Crippen molar-refractivity contribution < 1.29 is 28.3 Å². The Kier molecular flexibility index (Phi) is 8.53. The maximum atomic E-state index is 12.3. The number of nitrogens with two attached hydrogens (primary N) is 2. The summed E-state index contributed by atoms with van der Waals surface area (Å²) in [6, 6.07) is 0. The van der Waals surface area contributed by atoms with Crippen molar-refractivity contribution in [1.82, 2.24) is 10.2 Å². The van der Waals surface area contributed by atoms with Crippen LogP contribution in [0.2, 0.25) is 0 Å². The van der Waals surface area contributed by atoms with Gasteiger partial charge in [0.05, 0.1) is 6.61 Å². The van der Waals surface area contributed by atoms with Crippen molar-refractivity contribution in [1.29, 1.82) is 5.41 Å². The molecule has 11 nitrogen and oxygen atoms in total. The highest BCUT2D eigenvalue weighted by molar-refractivity contribution is 5.97. The summed E-state index contributed by atoms with van der Waals surface area (Å²) in [6.07, 6.45) is 2.06. The molecule has 142 valence electrons. The maximum absolute atomic E-state index is 12.3. The van der Waals surface area contributed by atoms with Crippen molar-refractivity contribution in [2.45, 2.75) is 44.7 Å². The summed E-state index contributed by atoms with van der Waals surface area (Å²) in [5, 5.41) is 17.0. The number of carbonyl (C=O) groups is 3. The van der Waals surface area contributed by atoms with E-state index in [9.17, 15) is 9.59 Å².